The normalized spacial score (nSPS) is 10.2. The first-order valence-corrected chi connectivity index (χ1v) is 9.20. The average Bonchev–Trinajstić information content (AvgIpc) is 2.78. The van der Waals surface area contributed by atoms with Crippen LogP contribution in [0.25, 0.3) is 0 Å². The SMILES string of the molecule is CN(Cc1ccccc1)C(=O)COC(=O)c1ccccc1C(=O)c1ccccc1. The highest BCUT2D eigenvalue weighted by Crippen LogP contribution is 2.16. The summed E-state index contributed by atoms with van der Waals surface area (Å²) in [4.78, 5) is 39.1. The Labute approximate surface area is 169 Å². The van der Waals surface area contributed by atoms with Crippen molar-refractivity contribution in [1.82, 2.24) is 4.90 Å². The summed E-state index contributed by atoms with van der Waals surface area (Å²) in [6, 6.07) is 24.7. The van der Waals surface area contributed by atoms with Crippen molar-refractivity contribution in [2.24, 2.45) is 0 Å². The molecule has 0 atom stereocenters. The monoisotopic (exact) mass is 387 g/mol. The second-order valence-electron chi connectivity index (χ2n) is 6.55. The number of hydrogen-bond donors (Lipinski definition) is 0. The highest BCUT2D eigenvalue weighted by molar-refractivity contribution is 6.14. The van der Waals surface area contributed by atoms with E-state index in [0.717, 1.165) is 5.56 Å². The van der Waals surface area contributed by atoms with Crippen molar-refractivity contribution in [2.75, 3.05) is 13.7 Å². The molecule has 0 saturated carbocycles. The number of nitrogens with zero attached hydrogens (tertiary/aromatic N) is 1. The van der Waals surface area contributed by atoms with E-state index in [2.05, 4.69) is 0 Å². The van der Waals surface area contributed by atoms with Crippen LogP contribution in [-0.4, -0.2) is 36.2 Å². The Morgan fingerprint density at radius 2 is 1.31 bits per heavy atom. The number of carbonyl (C=O) groups excluding carboxylic acids is 3. The van der Waals surface area contributed by atoms with Crippen molar-refractivity contribution in [3.8, 4) is 0 Å². The van der Waals surface area contributed by atoms with Crippen LogP contribution in [-0.2, 0) is 16.1 Å². The van der Waals surface area contributed by atoms with Crippen LogP contribution < -0.4 is 0 Å². The van der Waals surface area contributed by atoms with Gasteiger partial charge in [0.25, 0.3) is 5.91 Å². The van der Waals surface area contributed by atoms with E-state index in [0.29, 0.717) is 12.1 Å². The minimum absolute atomic E-state index is 0.139. The van der Waals surface area contributed by atoms with E-state index in [4.69, 9.17) is 4.74 Å². The largest absolute Gasteiger partial charge is 0.452 e. The van der Waals surface area contributed by atoms with E-state index >= 15 is 0 Å². The van der Waals surface area contributed by atoms with Crippen molar-refractivity contribution in [1.29, 1.82) is 0 Å². The summed E-state index contributed by atoms with van der Waals surface area (Å²) in [7, 11) is 1.65. The van der Waals surface area contributed by atoms with Crippen molar-refractivity contribution in [3.05, 3.63) is 107 Å². The highest BCUT2D eigenvalue weighted by Gasteiger charge is 2.20. The molecule has 5 heteroatoms. The van der Waals surface area contributed by atoms with Crippen molar-refractivity contribution in [3.63, 3.8) is 0 Å². The third kappa shape index (κ3) is 5.17. The Balaban J connectivity index is 1.65. The van der Waals surface area contributed by atoms with Gasteiger partial charge >= 0.3 is 5.97 Å². The lowest BCUT2D eigenvalue weighted by Crippen LogP contribution is -2.31. The second-order valence-corrected chi connectivity index (χ2v) is 6.55. The van der Waals surface area contributed by atoms with Gasteiger partial charge < -0.3 is 9.64 Å². The zero-order chi connectivity index (χ0) is 20.6. The lowest BCUT2D eigenvalue weighted by molar-refractivity contribution is -0.133. The zero-order valence-corrected chi connectivity index (χ0v) is 16.1. The molecule has 3 aromatic carbocycles. The maximum absolute atomic E-state index is 12.7. The molecular formula is C24H21NO4. The Hall–Kier alpha value is -3.73. The van der Waals surface area contributed by atoms with Crippen molar-refractivity contribution in [2.45, 2.75) is 6.54 Å². The minimum Gasteiger partial charge on any atom is -0.452 e. The third-order valence-electron chi connectivity index (χ3n) is 4.44. The zero-order valence-electron chi connectivity index (χ0n) is 16.1. The van der Waals surface area contributed by atoms with Gasteiger partial charge in [-0.2, -0.15) is 0 Å². The Morgan fingerprint density at radius 3 is 1.97 bits per heavy atom. The molecule has 0 unspecified atom stereocenters. The molecule has 0 aliphatic heterocycles. The van der Waals surface area contributed by atoms with Crippen LogP contribution in [0.3, 0.4) is 0 Å². The van der Waals surface area contributed by atoms with E-state index in [9.17, 15) is 14.4 Å². The molecular weight excluding hydrogens is 366 g/mol. The number of ether oxygens (including phenoxy) is 1. The predicted octanol–water partition coefficient (Wildman–Crippen LogP) is 3.73. The summed E-state index contributed by atoms with van der Waals surface area (Å²) in [5, 5.41) is 0. The maximum Gasteiger partial charge on any atom is 0.339 e. The summed E-state index contributed by atoms with van der Waals surface area (Å²) >= 11 is 0. The molecule has 0 saturated heterocycles. The molecule has 0 bridgehead atoms. The molecule has 1 amide bonds. The van der Waals surface area contributed by atoms with E-state index in [1.807, 2.05) is 36.4 Å². The standard InChI is InChI=1S/C24H21NO4/c1-25(16-18-10-4-2-5-11-18)22(26)17-29-24(28)21-15-9-8-14-20(21)23(27)19-12-6-3-7-13-19/h2-15H,16-17H2,1H3. The first kappa shape index (κ1) is 20.0. The van der Waals surface area contributed by atoms with Crippen LogP contribution in [0.15, 0.2) is 84.9 Å². The number of amides is 1. The molecule has 0 N–H and O–H groups in total. The molecule has 0 aliphatic rings. The van der Waals surface area contributed by atoms with Crippen molar-refractivity contribution < 1.29 is 19.1 Å². The Bertz CT molecular complexity index is 1000. The van der Waals surface area contributed by atoms with Crippen LogP contribution in [0.5, 0.6) is 0 Å². The summed E-state index contributed by atoms with van der Waals surface area (Å²) < 4.78 is 5.19. The van der Waals surface area contributed by atoms with Crippen LogP contribution in [0.1, 0.15) is 31.8 Å². The Morgan fingerprint density at radius 1 is 0.759 bits per heavy atom. The average molecular weight is 387 g/mol. The number of benzene rings is 3. The quantitative estimate of drug-likeness (QED) is 0.458. The number of hydrogen-bond acceptors (Lipinski definition) is 4. The van der Waals surface area contributed by atoms with E-state index in [-0.39, 0.29) is 22.8 Å². The summed E-state index contributed by atoms with van der Waals surface area (Å²) in [5.74, 6) is -1.30. The van der Waals surface area contributed by atoms with E-state index < -0.39 is 12.6 Å². The van der Waals surface area contributed by atoms with Gasteiger partial charge in [-0.25, -0.2) is 4.79 Å². The topological polar surface area (TPSA) is 63.7 Å². The second kappa shape index (κ2) is 9.46. The van der Waals surface area contributed by atoms with Gasteiger partial charge in [0, 0.05) is 24.7 Å². The van der Waals surface area contributed by atoms with Gasteiger partial charge in [-0.1, -0.05) is 78.9 Å². The fraction of sp³-hybridized carbons (Fsp3) is 0.125. The summed E-state index contributed by atoms with van der Waals surface area (Å²) in [6.45, 7) is 0.0241. The molecule has 0 heterocycles. The lowest BCUT2D eigenvalue weighted by atomic mass is 9.98. The predicted molar refractivity (Wildman–Crippen MR) is 110 cm³/mol. The number of carbonyl (C=O) groups is 3. The summed E-state index contributed by atoms with van der Waals surface area (Å²) in [6.07, 6.45) is 0. The molecule has 3 rings (SSSR count). The molecule has 0 aliphatic carbocycles. The Kier molecular flexibility index (Phi) is 6.53. The molecule has 0 radical (unpaired) electrons. The van der Waals surface area contributed by atoms with E-state index in [1.165, 1.54) is 11.0 Å². The highest BCUT2D eigenvalue weighted by atomic mass is 16.5. The molecule has 29 heavy (non-hydrogen) atoms. The third-order valence-corrected chi connectivity index (χ3v) is 4.44. The summed E-state index contributed by atoms with van der Waals surface area (Å²) in [5.41, 5.74) is 1.84. The fourth-order valence-electron chi connectivity index (χ4n) is 2.86. The molecule has 0 spiro atoms. The molecule has 0 aromatic heterocycles. The van der Waals surface area contributed by atoms with Crippen LogP contribution in [0.2, 0.25) is 0 Å². The number of likely N-dealkylation sites (N-methyl/N-ethyl adjacent to an activating group) is 1. The maximum atomic E-state index is 12.7. The van der Waals surface area contributed by atoms with E-state index in [1.54, 1.807) is 49.5 Å². The number of rotatable bonds is 7. The van der Waals surface area contributed by atoms with Crippen LogP contribution in [0, 0.1) is 0 Å². The molecule has 3 aromatic rings. The molecule has 0 fully saturated rings. The first-order valence-electron chi connectivity index (χ1n) is 9.20. The van der Waals surface area contributed by atoms with Gasteiger partial charge in [-0.15, -0.1) is 0 Å². The molecule has 5 nitrogen and oxygen atoms in total. The minimum atomic E-state index is -0.702. The number of esters is 1. The first-order chi connectivity index (χ1) is 14.1. The number of ketones is 1. The molecule has 146 valence electrons. The van der Waals surface area contributed by atoms with Crippen LogP contribution in [0.4, 0.5) is 0 Å². The van der Waals surface area contributed by atoms with Gasteiger partial charge in [-0.05, 0) is 11.6 Å². The van der Waals surface area contributed by atoms with Gasteiger partial charge in [0.15, 0.2) is 12.4 Å². The fourth-order valence-corrected chi connectivity index (χ4v) is 2.86. The smallest absolute Gasteiger partial charge is 0.339 e. The van der Waals surface area contributed by atoms with Crippen LogP contribution >= 0.6 is 0 Å². The lowest BCUT2D eigenvalue weighted by Gasteiger charge is -2.17. The van der Waals surface area contributed by atoms with Gasteiger partial charge in [0.1, 0.15) is 0 Å². The van der Waals surface area contributed by atoms with Gasteiger partial charge in [-0.3, -0.25) is 9.59 Å². The van der Waals surface area contributed by atoms with Gasteiger partial charge in [0.2, 0.25) is 0 Å². The van der Waals surface area contributed by atoms with Gasteiger partial charge in [0.05, 0.1) is 5.56 Å². The van der Waals surface area contributed by atoms with Crippen molar-refractivity contribution >= 4 is 17.7 Å².